The van der Waals surface area contributed by atoms with Crippen molar-refractivity contribution in [1.82, 2.24) is 0 Å². The van der Waals surface area contributed by atoms with Crippen molar-refractivity contribution >= 4 is 17.6 Å². The number of aryl methyl sites for hydroxylation is 1. The van der Waals surface area contributed by atoms with Crippen LogP contribution in [0.5, 0.6) is 0 Å². The predicted molar refractivity (Wildman–Crippen MR) is 79.8 cm³/mol. The summed E-state index contributed by atoms with van der Waals surface area (Å²) in [5.41, 5.74) is 2.00. The lowest BCUT2D eigenvalue weighted by Gasteiger charge is -2.29. The van der Waals surface area contributed by atoms with Crippen molar-refractivity contribution in [3.05, 3.63) is 29.3 Å². The molecule has 0 saturated heterocycles. The minimum Gasteiger partial charge on any atom is -0.478 e. The Labute approximate surface area is 124 Å². The molecule has 1 aliphatic rings. The van der Waals surface area contributed by atoms with Crippen LogP contribution in [0.15, 0.2) is 18.2 Å². The third-order valence-electron chi connectivity index (χ3n) is 3.63. The van der Waals surface area contributed by atoms with Crippen molar-refractivity contribution in [2.24, 2.45) is 0 Å². The van der Waals surface area contributed by atoms with E-state index >= 15 is 0 Å². The second-order valence-electron chi connectivity index (χ2n) is 5.16. The summed E-state index contributed by atoms with van der Waals surface area (Å²) in [6, 6.07) is 4.93. The first-order valence-electron chi connectivity index (χ1n) is 7.37. The Morgan fingerprint density at radius 2 is 2.14 bits per heavy atom. The van der Waals surface area contributed by atoms with E-state index in [-0.39, 0.29) is 11.5 Å². The summed E-state index contributed by atoms with van der Waals surface area (Å²) in [7, 11) is 0. The van der Waals surface area contributed by atoms with Gasteiger partial charge in [0.2, 0.25) is 5.91 Å². The van der Waals surface area contributed by atoms with Crippen molar-refractivity contribution in [2.75, 3.05) is 24.7 Å². The van der Waals surface area contributed by atoms with Crippen LogP contribution in [-0.2, 0) is 16.0 Å². The third kappa shape index (κ3) is 3.82. The molecule has 0 spiro atoms. The zero-order valence-corrected chi connectivity index (χ0v) is 12.3. The number of nitrogens with zero attached hydrogens (tertiary/aromatic N) is 1. The van der Waals surface area contributed by atoms with Gasteiger partial charge in [0, 0.05) is 25.3 Å². The molecule has 114 valence electrons. The molecule has 5 heteroatoms. The van der Waals surface area contributed by atoms with Crippen LogP contribution >= 0.6 is 0 Å². The fourth-order valence-electron chi connectivity index (χ4n) is 2.44. The molecule has 0 aliphatic carbocycles. The largest absolute Gasteiger partial charge is 0.478 e. The van der Waals surface area contributed by atoms with Gasteiger partial charge in [-0.05, 0) is 36.6 Å². The van der Waals surface area contributed by atoms with Crippen molar-refractivity contribution in [2.45, 2.75) is 32.6 Å². The number of carbonyl (C=O) groups is 2. The number of ether oxygens (including phenoxy) is 1. The minimum atomic E-state index is -0.941. The number of rotatable bonds is 7. The molecule has 1 aliphatic heterocycles. The van der Waals surface area contributed by atoms with E-state index in [9.17, 15) is 9.59 Å². The van der Waals surface area contributed by atoms with Gasteiger partial charge in [0.15, 0.2) is 0 Å². The van der Waals surface area contributed by atoms with E-state index in [0.29, 0.717) is 32.6 Å². The van der Waals surface area contributed by atoms with E-state index < -0.39 is 5.97 Å². The van der Waals surface area contributed by atoms with Crippen LogP contribution in [0.2, 0.25) is 0 Å². The van der Waals surface area contributed by atoms with Gasteiger partial charge in [0.1, 0.15) is 0 Å². The van der Waals surface area contributed by atoms with Crippen LogP contribution in [0.1, 0.15) is 42.1 Å². The summed E-state index contributed by atoms with van der Waals surface area (Å²) in [6.45, 7) is 3.84. The zero-order valence-electron chi connectivity index (χ0n) is 12.3. The van der Waals surface area contributed by atoms with Gasteiger partial charge in [0.25, 0.3) is 0 Å². The summed E-state index contributed by atoms with van der Waals surface area (Å²) >= 11 is 0. The zero-order chi connectivity index (χ0) is 15.2. The lowest BCUT2D eigenvalue weighted by Crippen LogP contribution is -2.37. The number of hydrogen-bond donors (Lipinski definition) is 1. The highest BCUT2D eigenvalue weighted by atomic mass is 16.5. The summed E-state index contributed by atoms with van der Waals surface area (Å²) in [5, 5.41) is 9.03. The summed E-state index contributed by atoms with van der Waals surface area (Å²) in [4.78, 5) is 24.8. The molecule has 1 aromatic rings. The molecular formula is C16H21NO4. The smallest absolute Gasteiger partial charge is 0.335 e. The molecule has 1 heterocycles. The van der Waals surface area contributed by atoms with Gasteiger partial charge in [-0.15, -0.1) is 0 Å². The maximum absolute atomic E-state index is 12.0. The van der Waals surface area contributed by atoms with Crippen molar-refractivity contribution in [3.8, 4) is 0 Å². The molecule has 21 heavy (non-hydrogen) atoms. The van der Waals surface area contributed by atoms with Crippen LogP contribution < -0.4 is 4.90 Å². The van der Waals surface area contributed by atoms with Gasteiger partial charge in [0.05, 0.1) is 12.2 Å². The number of hydrogen-bond acceptors (Lipinski definition) is 3. The minimum absolute atomic E-state index is 0.0738. The number of carboxylic acid groups (broad SMARTS) is 1. The highest BCUT2D eigenvalue weighted by molar-refractivity contribution is 5.97. The molecule has 0 bridgehead atoms. The highest BCUT2D eigenvalue weighted by Gasteiger charge is 2.24. The number of fused-ring (bicyclic) bond motifs is 1. The number of carboxylic acids is 1. The van der Waals surface area contributed by atoms with E-state index in [1.807, 2.05) is 0 Å². The average molecular weight is 291 g/mol. The second-order valence-corrected chi connectivity index (χ2v) is 5.16. The van der Waals surface area contributed by atoms with E-state index in [0.717, 1.165) is 24.1 Å². The SMILES string of the molecule is CCCCOCCN1C(=O)CCc2cc(C(=O)O)ccc21. The van der Waals surface area contributed by atoms with Crippen LogP contribution in [-0.4, -0.2) is 36.7 Å². The number of benzene rings is 1. The van der Waals surface area contributed by atoms with E-state index in [1.54, 1.807) is 23.1 Å². The van der Waals surface area contributed by atoms with E-state index in [1.165, 1.54) is 0 Å². The molecule has 5 nitrogen and oxygen atoms in total. The lowest BCUT2D eigenvalue weighted by molar-refractivity contribution is -0.119. The molecule has 0 radical (unpaired) electrons. The molecule has 2 rings (SSSR count). The molecular weight excluding hydrogens is 270 g/mol. The van der Waals surface area contributed by atoms with Gasteiger partial charge in [-0.1, -0.05) is 13.3 Å². The Morgan fingerprint density at radius 3 is 2.86 bits per heavy atom. The molecule has 1 aromatic carbocycles. The molecule has 0 aromatic heterocycles. The van der Waals surface area contributed by atoms with Gasteiger partial charge < -0.3 is 14.7 Å². The number of carbonyl (C=O) groups excluding carboxylic acids is 1. The van der Waals surface area contributed by atoms with Crippen molar-refractivity contribution < 1.29 is 19.4 Å². The highest BCUT2D eigenvalue weighted by Crippen LogP contribution is 2.28. The quantitative estimate of drug-likeness (QED) is 0.784. The summed E-state index contributed by atoms with van der Waals surface area (Å²) < 4.78 is 5.51. The lowest BCUT2D eigenvalue weighted by atomic mass is 9.99. The van der Waals surface area contributed by atoms with Gasteiger partial charge in [-0.3, -0.25) is 4.79 Å². The average Bonchev–Trinajstić information content (AvgIpc) is 2.48. The number of unbranched alkanes of at least 4 members (excludes halogenated alkanes) is 1. The molecule has 0 atom stereocenters. The van der Waals surface area contributed by atoms with Gasteiger partial charge in [-0.25, -0.2) is 4.79 Å². The molecule has 1 N–H and O–H groups in total. The summed E-state index contributed by atoms with van der Waals surface area (Å²) in [6.07, 6.45) is 3.13. The standard InChI is InChI=1S/C16H21NO4/c1-2-3-9-21-10-8-17-14-6-4-13(16(19)20)11-12(14)5-7-15(17)18/h4,6,11H,2-3,5,7-10H2,1H3,(H,19,20). The number of amides is 1. The first-order valence-corrected chi connectivity index (χ1v) is 7.37. The monoisotopic (exact) mass is 291 g/mol. The molecule has 0 fully saturated rings. The number of aromatic carboxylic acids is 1. The fourth-order valence-corrected chi connectivity index (χ4v) is 2.44. The van der Waals surface area contributed by atoms with Crippen molar-refractivity contribution in [3.63, 3.8) is 0 Å². The molecule has 1 amide bonds. The summed E-state index contributed by atoms with van der Waals surface area (Å²) in [5.74, 6) is -0.867. The Kier molecular flexibility index (Phi) is 5.33. The van der Waals surface area contributed by atoms with E-state index in [2.05, 4.69) is 6.92 Å². The molecule has 0 unspecified atom stereocenters. The van der Waals surface area contributed by atoms with Crippen LogP contribution in [0, 0.1) is 0 Å². The van der Waals surface area contributed by atoms with Gasteiger partial charge in [-0.2, -0.15) is 0 Å². The van der Waals surface area contributed by atoms with Crippen LogP contribution in [0.4, 0.5) is 5.69 Å². The van der Waals surface area contributed by atoms with Gasteiger partial charge >= 0.3 is 5.97 Å². The Bertz CT molecular complexity index is 527. The predicted octanol–water partition coefficient (Wildman–Crippen LogP) is 2.48. The second kappa shape index (κ2) is 7.22. The molecule has 0 saturated carbocycles. The fraction of sp³-hybridized carbons (Fsp3) is 0.500. The number of anilines is 1. The maximum Gasteiger partial charge on any atom is 0.335 e. The van der Waals surface area contributed by atoms with Crippen molar-refractivity contribution in [1.29, 1.82) is 0 Å². The Hall–Kier alpha value is -1.88. The Morgan fingerprint density at radius 1 is 1.33 bits per heavy atom. The van der Waals surface area contributed by atoms with Crippen LogP contribution in [0.25, 0.3) is 0 Å². The normalized spacial score (nSPS) is 14.1. The third-order valence-corrected chi connectivity index (χ3v) is 3.63. The maximum atomic E-state index is 12.0. The van der Waals surface area contributed by atoms with Crippen LogP contribution in [0.3, 0.4) is 0 Å². The topological polar surface area (TPSA) is 66.8 Å². The Balaban J connectivity index is 2.05. The van der Waals surface area contributed by atoms with E-state index in [4.69, 9.17) is 9.84 Å². The first-order chi connectivity index (χ1) is 10.1. The first kappa shape index (κ1) is 15.5.